The molecule has 0 aliphatic carbocycles. The first-order valence-electron chi connectivity index (χ1n) is 12.5. The van der Waals surface area contributed by atoms with Crippen LogP contribution in [0.4, 0.5) is 4.39 Å². The van der Waals surface area contributed by atoms with Gasteiger partial charge in [-0.25, -0.2) is 4.39 Å². The molecule has 0 radical (unpaired) electrons. The fourth-order valence-corrected chi connectivity index (χ4v) is 4.51. The van der Waals surface area contributed by atoms with Gasteiger partial charge in [0.15, 0.2) is 5.76 Å². The summed E-state index contributed by atoms with van der Waals surface area (Å²) in [6.07, 6.45) is 1.18. The van der Waals surface area contributed by atoms with Crippen LogP contribution in [0.3, 0.4) is 0 Å². The molecule has 0 spiro atoms. The van der Waals surface area contributed by atoms with Crippen LogP contribution in [0.15, 0.2) is 59.0 Å². The molecule has 8 heteroatoms. The molecule has 2 aromatic carbocycles. The van der Waals surface area contributed by atoms with E-state index in [4.69, 9.17) is 13.9 Å². The number of carbonyl (C=O) groups is 2. The zero-order chi connectivity index (χ0) is 26.4. The number of carbonyl (C=O) groups excluding carboxylic acids is 2. The van der Waals surface area contributed by atoms with Crippen molar-refractivity contribution in [1.29, 1.82) is 0 Å². The van der Waals surface area contributed by atoms with E-state index in [0.29, 0.717) is 37.6 Å². The Morgan fingerprint density at radius 2 is 1.92 bits per heavy atom. The number of rotatable bonds is 10. The van der Waals surface area contributed by atoms with Crippen molar-refractivity contribution in [1.82, 2.24) is 10.2 Å². The first kappa shape index (κ1) is 26.4. The third kappa shape index (κ3) is 6.57. The van der Waals surface area contributed by atoms with Crippen molar-refractivity contribution in [2.24, 2.45) is 5.92 Å². The molecule has 7 nitrogen and oxygen atoms in total. The monoisotopic (exact) mass is 508 g/mol. The second-order valence-corrected chi connectivity index (χ2v) is 9.55. The van der Waals surface area contributed by atoms with E-state index < -0.39 is 0 Å². The summed E-state index contributed by atoms with van der Waals surface area (Å²) in [6, 6.07) is 15.2. The molecule has 1 aliphatic heterocycles. The highest BCUT2D eigenvalue weighted by Gasteiger charge is 2.32. The van der Waals surface area contributed by atoms with E-state index in [1.807, 2.05) is 36.9 Å². The van der Waals surface area contributed by atoms with Gasteiger partial charge in [-0.05, 0) is 65.4 Å². The standard InChI is InChI=1S/C29H33FN2O5/c1-19(2)16-27(33)32-14-12-20-6-9-23(17-25(20)28(32)21-4-7-22(30)8-5-21)36-18-24-10-11-26(37-24)29(34)31-13-15-35-3/h4-11,17,19,28H,12-16,18H2,1-3H3,(H,31,34)/t28-/m0/s1. The zero-order valence-corrected chi connectivity index (χ0v) is 21.5. The summed E-state index contributed by atoms with van der Waals surface area (Å²) in [4.78, 5) is 27.2. The van der Waals surface area contributed by atoms with Gasteiger partial charge in [0.1, 0.15) is 23.9 Å². The Morgan fingerprint density at radius 1 is 1.14 bits per heavy atom. The summed E-state index contributed by atoms with van der Waals surface area (Å²) in [5.41, 5.74) is 2.94. The highest BCUT2D eigenvalue weighted by atomic mass is 19.1. The van der Waals surface area contributed by atoms with Gasteiger partial charge in [-0.15, -0.1) is 0 Å². The second-order valence-electron chi connectivity index (χ2n) is 9.55. The Morgan fingerprint density at radius 3 is 2.65 bits per heavy atom. The van der Waals surface area contributed by atoms with Gasteiger partial charge in [0.25, 0.3) is 5.91 Å². The normalized spacial score (nSPS) is 14.9. The average Bonchev–Trinajstić information content (AvgIpc) is 3.36. The van der Waals surface area contributed by atoms with Crippen LogP contribution < -0.4 is 10.1 Å². The lowest BCUT2D eigenvalue weighted by Crippen LogP contribution is -2.41. The number of hydrogen-bond acceptors (Lipinski definition) is 5. The largest absolute Gasteiger partial charge is 0.486 e. The predicted molar refractivity (Wildman–Crippen MR) is 137 cm³/mol. The number of furan rings is 1. The van der Waals surface area contributed by atoms with Crippen molar-refractivity contribution in [3.63, 3.8) is 0 Å². The Labute approximate surface area is 216 Å². The lowest BCUT2D eigenvalue weighted by Gasteiger charge is -2.38. The van der Waals surface area contributed by atoms with Crippen molar-refractivity contribution < 1.29 is 27.9 Å². The number of halogens is 1. The Kier molecular flexibility index (Phi) is 8.61. The number of ether oxygens (including phenoxy) is 2. The number of nitrogens with one attached hydrogen (secondary N) is 1. The summed E-state index contributed by atoms with van der Waals surface area (Å²) in [7, 11) is 1.57. The van der Waals surface area contributed by atoms with Gasteiger partial charge in [0.2, 0.25) is 5.91 Å². The lowest BCUT2D eigenvalue weighted by atomic mass is 9.87. The maximum Gasteiger partial charge on any atom is 0.287 e. The van der Waals surface area contributed by atoms with E-state index in [0.717, 1.165) is 23.1 Å². The quantitative estimate of drug-likeness (QED) is 0.394. The van der Waals surface area contributed by atoms with E-state index in [1.54, 1.807) is 31.4 Å². The van der Waals surface area contributed by atoms with Gasteiger partial charge in [-0.1, -0.05) is 32.0 Å². The van der Waals surface area contributed by atoms with Crippen LogP contribution in [0.25, 0.3) is 0 Å². The topological polar surface area (TPSA) is 81.0 Å². The summed E-state index contributed by atoms with van der Waals surface area (Å²) >= 11 is 0. The zero-order valence-electron chi connectivity index (χ0n) is 21.5. The van der Waals surface area contributed by atoms with Gasteiger partial charge in [-0.3, -0.25) is 9.59 Å². The van der Waals surface area contributed by atoms with Crippen molar-refractivity contribution >= 4 is 11.8 Å². The molecule has 2 heterocycles. The van der Waals surface area contributed by atoms with E-state index in [-0.39, 0.29) is 42.0 Å². The Balaban J connectivity index is 1.53. The molecule has 1 atom stereocenters. The fraction of sp³-hybridized carbons (Fsp3) is 0.379. The Hall–Kier alpha value is -3.65. The van der Waals surface area contributed by atoms with Crippen LogP contribution in [0.2, 0.25) is 0 Å². The van der Waals surface area contributed by atoms with Crippen molar-refractivity contribution in [3.05, 3.63) is 88.6 Å². The summed E-state index contributed by atoms with van der Waals surface area (Å²) < 4.78 is 30.3. The molecule has 0 saturated carbocycles. The number of amides is 2. The maximum atomic E-state index is 13.7. The van der Waals surface area contributed by atoms with Crippen molar-refractivity contribution in [2.75, 3.05) is 26.8 Å². The smallest absolute Gasteiger partial charge is 0.287 e. The van der Waals surface area contributed by atoms with Gasteiger partial charge < -0.3 is 24.1 Å². The maximum absolute atomic E-state index is 13.7. The highest BCUT2D eigenvalue weighted by molar-refractivity contribution is 5.91. The van der Waals surface area contributed by atoms with E-state index in [9.17, 15) is 14.0 Å². The molecular weight excluding hydrogens is 475 g/mol. The average molecular weight is 509 g/mol. The van der Waals surface area contributed by atoms with Crippen LogP contribution in [-0.4, -0.2) is 43.5 Å². The third-order valence-electron chi connectivity index (χ3n) is 6.29. The molecule has 0 unspecified atom stereocenters. The van der Waals surface area contributed by atoms with Crippen molar-refractivity contribution in [2.45, 2.75) is 39.3 Å². The van der Waals surface area contributed by atoms with Crippen molar-refractivity contribution in [3.8, 4) is 5.75 Å². The predicted octanol–water partition coefficient (Wildman–Crippen LogP) is 4.89. The molecule has 0 saturated heterocycles. The molecule has 1 aromatic heterocycles. The summed E-state index contributed by atoms with van der Waals surface area (Å²) in [5, 5.41) is 2.72. The van der Waals surface area contributed by atoms with Crippen LogP contribution >= 0.6 is 0 Å². The molecule has 3 aromatic rings. The van der Waals surface area contributed by atoms with Gasteiger partial charge in [0.05, 0.1) is 12.6 Å². The highest BCUT2D eigenvalue weighted by Crippen LogP contribution is 2.38. The third-order valence-corrected chi connectivity index (χ3v) is 6.29. The molecular formula is C29H33FN2O5. The Bertz CT molecular complexity index is 1220. The first-order valence-corrected chi connectivity index (χ1v) is 12.5. The van der Waals surface area contributed by atoms with E-state index >= 15 is 0 Å². The van der Waals surface area contributed by atoms with E-state index in [2.05, 4.69) is 5.32 Å². The summed E-state index contributed by atoms with van der Waals surface area (Å²) in [6.45, 7) is 5.60. The van der Waals surface area contributed by atoms with Gasteiger partial charge in [-0.2, -0.15) is 0 Å². The number of benzene rings is 2. The molecule has 37 heavy (non-hydrogen) atoms. The fourth-order valence-electron chi connectivity index (χ4n) is 4.51. The van der Waals surface area contributed by atoms with Crippen LogP contribution in [0, 0.1) is 11.7 Å². The summed E-state index contributed by atoms with van der Waals surface area (Å²) in [5.74, 6) is 1.01. The lowest BCUT2D eigenvalue weighted by molar-refractivity contribution is -0.134. The van der Waals surface area contributed by atoms with Crippen LogP contribution in [-0.2, 0) is 22.6 Å². The minimum atomic E-state index is -0.329. The minimum absolute atomic E-state index is 0.0770. The van der Waals surface area contributed by atoms with Gasteiger partial charge in [0, 0.05) is 26.6 Å². The van der Waals surface area contributed by atoms with Gasteiger partial charge >= 0.3 is 0 Å². The minimum Gasteiger partial charge on any atom is -0.486 e. The number of hydrogen-bond donors (Lipinski definition) is 1. The molecule has 1 N–H and O–H groups in total. The second kappa shape index (κ2) is 12.1. The van der Waals surface area contributed by atoms with Crippen LogP contribution in [0.5, 0.6) is 5.75 Å². The molecule has 196 valence electrons. The number of fused-ring (bicyclic) bond motifs is 1. The number of methoxy groups -OCH3 is 1. The molecule has 0 bridgehead atoms. The molecule has 0 fully saturated rings. The number of nitrogens with zero attached hydrogens (tertiary/aromatic N) is 1. The SMILES string of the molecule is COCCNC(=O)c1ccc(COc2ccc3c(c2)[C@H](c2ccc(F)cc2)N(C(=O)CC(C)C)CC3)o1. The molecule has 4 rings (SSSR count). The first-order chi connectivity index (χ1) is 17.9. The molecule has 2 amide bonds. The van der Waals surface area contributed by atoms with Crippen LogP contribution in [0.1, 0.15) is 59.3 Å². The van der Waals surface area contributed by atoms with E-state index in [1.165, 1.54) is 12.1 Å². The molecule has 1 aliphatic rings.